The molecule has 0 aliphatic carbocycles. The van der Waals surface area contributed by atoms with Crippen molar-refractivity contribution in [3.8, 4) is 0 Å². The summed E-state index contributed by atoms with van der Waals surface area (Å²) < 4.78 is 13.2. The third kappa shape index (κ3) is 2.70. The second kappa shape index (κ2) is 5.78. The zero-order valence-corrected chi connectivity index (χ0v) is 13.0. The van der Waals surface area contributed by atoms with Gasteiger partial charge in [-0.25, -0.2) is 4.39 Å². The second-order valence-corrected chi connectivity index (χ2v) is 5.98. The quantitative estimate of drug-likeness (QED) is 0.618. The number of rotatable bonds is 2. The summed E-state index contributed by atoms with van der Waals surface area (Å²) in [4.78, 5) is 8.77. The third-order valence-corrected chi connectivity index (χ3v) is 4.47. The lowest BCUT2D eigenvalue weighted by Gasteiger charge is -2.42. The number of hydrogen-bond donors (Lipinski definition) is 0. The summed E-state index contributed by atoms with van der Waals surface area (Å²) in [5.41, 5.74) is 3.21. The number of hydrogen-bond acceptors (Lipinski definition) is 3. The zero-order chi connectivity index (χ0) is 15.0. The van der Waals surface area contributed by atoms with Crippen molar-refractivity contribution >= 4 is 17.8 Å². The van der Waals surface area contributed by atoms with Crippen LogP contribution in [0.2, 0.25) is 0 Å². The third-order valence-electron chi connectivity index (χ3n) is 4.13. The lowest BCUT2D eigenvalue weighted by molar-refractivity contribution is 0.250. The Kier molecular flexibility index (Phi) is 4.00. The van der Waals surface area contributed by atoms with E-state index in [-0.39, 0.29) is 17.4 Å². The molecule has 21 heavy (non-hydrogen) atoms. The number of alkyl halides is 1. The molecule has 0 radical (unpaired) electrons. The molecule has 1 aromatic rings. The minimum Gasteiger partial charge on any atom is -0.340 e. The Morgan fingerprint density at radius 3 is 2.71 bits per heavy atom. The van der Waals surface area contributed by atoms with Crippen molar-refractivity contribution in [1.29, 1.82) is 0 Å². The fraction of sp³-hybridized carbons (Fsp3) is 0.438. The molecule has 2 aliphatic rings. The molecule has 3 nitrogen and oxygen atoms in total. The molecule has 0 bridgehead atoms. The molecule has 1 aromatic carbocycles. The minimum absolute atomic E-state index is 0.201. The molecule has 3 rings (SSSR count). The van der Waals surface area contributed by atoms with Gasteiger partial charge >= 0.3 is 0 Å². The number of aliphatic imine (C=N–C) groups is 1. The van der Waals surface area contributed by atoms with E-state index in [1.807, 2.05) is 18.3 Å². The van der Waals surface area contributed by atoms with Gasteiger partial charge in [0.1, 0.15) is 5.82 Å². The van der Waals surface area contributed by atoms with Gasteiger partial charge in [-0.05, 0) is 31.7 Å². The van der Waals surface area contributed by atoms with Crippen LogP contribution >= 0.6 is 11.6 Å². The predicted octanol–water partition coefficient (Wildman–Crippen LogP) is 3.04. The summed E-state index contributed by atoms with van der Waals surface area (Å²) in [5, 5.41) is 0. The van der Waals surface area contributed by atoms with Crippen LogP contribution in [0.25, 0.3) is 0 Å². The van der Waals surface area contributed by atoms with Crippen LogP contribution in [0.5, 0.6) is 0 Å². The smallest absolute Gasteiger partial charge is 0.197 e. The van der Waals surface area contributed by atoms with E-state index >= 15 is 0 Å². The normalized spacial score (nSPS) is 26.2. The van der Waals surface area contributed by atoms with Gasteiger partial charge in [-0.1, -0.05) is 23.7 Å². The molecule has 0 aromatic heterocycles. The molecule has 0 N–H and O–H groups in total. The van der Waals surface area contributed by atoms with E-state index in [9.17, 15) is 4.39 Å². The maximum atomic E-state index is 13.2. The topological polar surface area (TPSA) is 18.8 Å². The summed E-state index contributed by atoms with van der Waals surface area (Å²) in [6.07, 6.45) is 1.89. The molecular weight excluding hydrogens is 289 g/mol. The van der Waals surface area contributed by atoms with Crippen LogP contribution in [0.1, 0.15) is 18.4 Å². The molecule has 0 saturated heterocycles. The lowest BCUT2D eigenvalue weighted by Crippen LogP contribution is -2.44. The van der Waals surface area contributed by atoms with E-state index < -0.39 is 0 Å². The molecule has 0 fully saturated rings. The standard InChI is InChI=1S/C16H19ClFN3/c1-3-21-15-12(8-19-16(21)17)9-20(2)10-14(15)11-4-6-13(18)7-5-11/h4-8,14,16H,3,9-10H2,1-2H3. The van der Waals surface area contributed by atoms with Crippen molar-refractivity contribution in [3.63, 3.8) is 0 Å². The summed E-state index contributed by atoms with van der Waals surface area (Å²) in [7, 11) is 2.09. The van der Waals surface area contributed by atoms with Crippen molar-refractivity contribution in [2.75, 3.05) is 26.7 Å². The van der Waals surface area contributed by atoms with Gasteiger partial charge in [0, 0.05) is 43.0 Å². The van der Waals surface area contributed by atoms with Crippen LogP contribution in [0.4, 0.5) is 4.39 Å². The van der Waals surface area contributed by atoms with Crippen LogP contribution in [0.3, 0.4) is 0 Å². The van der Waals surface area contributed by atoms with E-state index in [1.54, 1.807) is 0 Å². The average Bonchev–Trinajstić information content (AvgIpc) is 2.47. The largest absolute Gasteiger partial charge is 0.340 e. The fourth-order valence-corrected chi connectivity index (χ4v) is 3.48. The summed E-state index contributed by atoms with van der Waals surface area (Å²) in [5.74, 6) is -0.00260. The molecular formula is C16H19ClFN3. The molecule has 2 atom stereocenters. The van der Waals surface area contributed by atoms with E-state index in [1.165, 1.54) is 23.4 Å². The Balaban J connectivity index is 2.05. The second-order valence-electron chi connectivity index (χ2n) is 5.59. The Morgan fingerprint density at radius 2 is 2.05 bits per heavy atom. The highest BCUT2D eigenvalue weighted by Gasteiger charge is 2.34. The van der Waals surface area contributed by atoms with Crippen molar-refractivity contribution in [2.45, 2.75) is 18.5 Å². The lowest BCUT2D eigenvalue weighted by atomic mass is 9.88. The number of benzene rings is 1. The van der Waals surface area contributed by atoms with Gasteiger partial charge in [0.2, 0.25) is 0 Å². The zero-order valence-electron chi connectivity index (χ0n) is 12.3. The number of nitrogens with zero attached hydrogens (tertiary/aromatic N) is 3. The summed E-state index contributed by atoms with van der Waals surface area (Å²) in [6.45, 7) is 4.67. The molecule has 0 saturated carbocycles. The van der Waals surface area contributed by atoms with Crippen LogP contribution in [0, 0.1) is 5.82 Å². The first-order valence-electron chi connectivity index (χ1n) is 7.21. The maximum absolute atomic E-state index is 13.2. The van der Waals surface area contributed by atoms with Gasteiger partial charge in [0.15, 0.2) is 5.62 Å². The molecule has 2 heterocycles. The van der Waals surface area contributed by atoms with E-state index in [0.29, 0.717) is 0 Å². The van der Waals surface area contributed by atoms with Crippen LogP contribution < -0.4 is 0 Å². The van der Waals surface area contributed by atoms with Crippen molar-refractivity contribution in [1.82, 2.24) is 9.80 Å². The van der Waals surface area contributed by atoms with E-state index in [4.69, 9.17) is 11.6 Å². The van der Waals surface area contributed by atoms with Crippen LogP contribution in [0.15, 0.2) is 40.5 Å². The maximum Gasteiger partial charge on any atom is 0.197 e. The molecule has 2 unspecified atom stereocenters. The van der Waals surface area contributed by atoms with Gasteiger partial charge in [0.05, 0.1) is 0 Å². The first-order chi connectivity index (χ1) is 10.1. The molecule has 2 aliphatic heterocycles. The van der Waals surface area contributed by atoms with Gasteiger partial charge in [-0.2, -0.15) is 0 Å². The number of likely N-dealkylation sites (N-methyl/N-ethyl adjacent to an activating group) is 2. The van der Waals surface area contributed by atoms with Gasteiger partial charge in [0.25, 0.3) is 0 Å². The molecule has 5 heteroatoms. The monoisotopic (exact) mass is 307 g/mol. The van der Waals surface area contributed by atoms with Gasteiger partial charge < -0.3 is 9.80 Å². The van der Waals surface area contributed by atoms with Crippen LogP contribution in [-0.2, 0) is 0 Å². The molecule has 112 valence electrons. The highest BCUT2D eigenvalue weighted by atomic mass is 35.5. The SMILES string of the molecule is CCN1C2=C(C=NC1Cl)CN(C)CC2c1ccc(F)cc1. The first kappa shape index (κ1) is 14.5. The van der Waals surface area contributed by atoms with Gasteiger partial charge in [-0.3, -0.25) is 4.99 Å². The van der Waals surface area contributed by atoms with Crippen molar-refractivity contribution in [3.05, 3.63) is 46.9 Å². The van der Waals surface area contributed by atoms with Gasteiger partial charge in [-0.15, -0.1) is 0 Å². The first-order valence-corrected chi connectivity index (χ1v) is 7.64. The highest BCUT2D eigenvalue weighted by molar-refractivity contribution is 6.21. The number of halogens is 2. The molecule has 0 spiro atoms. The Hall–Kier alpha value is -1.39. The Morgan fingerprint density at radius 1 is 1.33 bits per heavy atom. The average molecular weight is 308 g/mol. The van der Waals surface area contributed by atoms with E-state index in [0.717, 1.165) is 25.2 Å². The summed E-state index contributed by atoms with van der Waals surface area (Å²) in [6, 6.07) is 6.78. The Labute approximate surface area is 129 Å². The van der Waals surface area contributed by atoms with Crippen molar-refractivity contribution in [2.24, 2.45) is 4.99 Å². The highest BCUT2D eigenvalue weighted by Crippen LogP contribution is 2.37. The molecule has 0 amide bonds. The minimum atomic E-state index is -0.347. The van der Waals surface area contributed by atoms with E-state index in [2.05, 4.69) is 28.8 Å². The predicted molar refractivity (Wildman–Crippen MR) is 84.2 cm³/mol. The fourth-order valence-electron chi connectivity index (χ4n) is 3.18. The Bertz CT molecular complexity index is 582. The van der Waals surface area contributed by atoms with Crippen molar-refractivity contribution < 1.29 is 4.39 Å². The summed E-state index contributed by atoms with van der Waals surface area (Å²) >= 11 is 6.34. The van der Waals surface area contributed by atoms with Crippen LogP contribution in [-0.4, -0.2) is 48.3 Å².